The number of aliphatic carboxylic acids is 1. The first kappa shape index (κ1) is 28.9. The molecule has 3 atom stereocenters. The van der Waals surface area contributed by atoms with Gasteiger partial charge >= 0.3 is 12.1 Å². The highest BCUT2D eigenvalue weighted by molar-refractivity contribution is 5.95. The van der Waals surface area contributed by atoms with Crippen molar-refractivity contribution in [2.45, 2.75) is 82.7 Å². The van der Waals surface area contributed by atoms with Crippen LogP contribution in [0.15, 0.2) is 30.5 Å². The van der Waals surface area contributed by atoms with Gasteiger partial charge in [0.25, 0.3) is 0 Å². The maximum atomic E-state index is 13.7. The molecule has 2 aliphatic rings. The minimum Gasteiger partial charge on any atom is -0.497 e. The number of ether oxygens (including phenoxy) is 3. The Morgan fingerprint density at radius 3 is 2.52 bits per heavy atom. The molecule has 2 fully saturated rings. The van der Waals surface area contributed by atoms with Gasteiger partial charge in [0, 0.05) is 18.0 Å². The van der Waals surface area contributed by atoms with E-state index in [1.807, 2.05) is 18.2 Å². The number of carboxylic acids is 1. The second kappa shape index (κ2) is 11.2. The van der Waals surface area contributed by atoms with Crippen molar-refractivity contribution in [3.05, 3.63) is 30.5 Å². The fourth-order valence-electron chi connectivity index (χ4n) is 4.71. The Morgan fingerprint density at radius 1 is 1.20 bits per heavy atom. The van der Waals surface area contributed by atoms with E-state index in [-0.39, 0.29) is 19.4 Å². The normalized spacial score (nSPS) is 20.4. The summed E-state index contributed by atoms with van der Waals surface area (Å²) >= 11 is 0. The van der Waals surface area contributed by atoms with Crippen LogP contribution >= 0.6 is 0 Å². The molecule has 12 heteroatoms. The summed E-state index contributed by atoms with van der Waals surface area (Å²) < 4.78 is 16.8. The van der Waals surface area contributed by atoms with Crippen molar-refractivity contribution in [2.24, 2.45) is 0 Å². The minimum absolute atomic E-state index is 0.0394. The summed E-state index contributed by atoms with van der Waals surface area (Å²) in [6.45, 7) is 6.91. The van der Waals surface area contributed by atoms with Crippen LogP contribution in [0.4, 0.5) is 4.79 Å². The van der Waals surface area contributed by atoms with Gasteiger partial charge in [-0.3, -0.25) is 9.59 Å². The molecule has 1 saturated carbocycles. The molecule has 0 unspecified atom stereocenters. The summed E-state index contributed by atoms with van der Waals surface area (Å²) in [4.78, 5) is 56.9. The predicted molar refractivity (Wildman–Crippen MR) is 144 cm³/mol. The van der Waals surface area contributed by atoms with Crippen molar-refractivity contribution in [1.29, 1.82) is 0 Å². The predicted octanol–water partition coefficient (Wildman–Crippen LogP) is 2.63. The van der Waals surface area contributed by atoms with E-state index in [9.17, 15) is 24.3 Å². The lowest BCUT2D eigenvalue weighted by molar-refractivity contribution is -0.145. The van der Waals surface area contributed by atoms with E-state index in [0.717, 1.165) is 10.8 Å². The second-order valence-electron chi connectivity index (χ2n) is 11.2. The molecule has 0 radical (unpaired) electrons. The van der Waals surface area contributed by atoms with Crippen LogP contribution < -0.4 is 20.1 Å². The Hall–Kier alpha value is -4.09. The maximum absolute atomic E-state index is 13.7. The third-order valence-corrected chi connectivity index (χ3v) is 6.98. The van der Waals surface area contributed by atoms with E-state index in [2.05, 4.69) is 15.6 Å². The van der Waals surface area contributed by atoms with Crippen molar-refractivity contribution in [3.63, 3.8) is 0 Å². The summed E-state index contributed by atoms with van der Waals surface area (Å²) in [5, 5.41) is 16.4. The average molecular weight is 557 g/mol. The molecule has 1 saturated heterocycles. The molecule has 3 amide bonds. The van der Waals surface area contributed by atoms with Gasteiger partial charge in [-0.05, 0) is 69.7 Å². The Morgan fingerprint density at radius 2 is 1.93 bits per heavy atom. The third kappa shape index (κ3) is 6.37. The summed E-state index contributed by atoms with van der Waals surface area (Å²) in [7, 11) is 1.58. The number of methoxy groups -OCH3 is 1. The summed E-state index contributed by atoms with van der Waals surface area (Å²) in [5.41, 5.74) is -2.08. The Balaban J connectivity index is 1.57. The molecule has 12 nitrogen and oxygen atoms in total. The maximum Gasteiger partial charge on any atom is 0.408 e. The number of fused-ring (bicyclic) bond motifs is 1. The molecule has 2 aromatic rings. The van der Waals surface area contributed by atoms with E-state index < -0.39 is 53.2 Å². The molecule has 1 aromatic heterocycles. The number of alkyl carbamates (subject to hydrolysis) is 1. The number of pyridine rings is 1. The first-order valence-electron chi connectivity index (χ1n) is 13.3. The Labute approximate surface area is 232 Å². The van der Waals surface area contributed by atoms with Gasteiger partial charge in [0.1, 0.15) is 35.1 Å². The molecule has 0 bridgehead atoms. The number of amides is 3. The lowest BCUT2D eigenvalue weighted by atomic mass is 10.1. The molecule has 2 heterocycles. The van der Waals surface area contributed by atoms with E-state index >= 15 is 0 Å². The standard InChI is InChI=1S/C28H36N4O8/c1-6-20(30-26(37)40-27(2,3)4)24(34)32-15-18(14-21(32)22(33)31-28(10-11-28)25(35)36)39-23-19-8-7-17(38-5)13-16(19)9-12-29-23/h7-9,12-13,18,20-21H,6,10-11,14-15H2,1-5H3,(H,30,37)(H,31,33)(H,35,36)/t18-,20+,21+/m1/s1. The highest BCUT2D eigenvalue weighted by Crippen LogP contribution is 2.36. The van der Waals surface area contributed by atoms with Crippen LogP contribution in [-0.4, -0.2) is 81.8 Å². The monoisotopic (exact) mass is 556 g/mol. The molecule has 4 rings (SSSR count). The molecule has 3 N–H and O–H groups in total. The van der Waals surface area contributed by atoms with Crippen LogP contribution in [-0.2, 0) is 19.1 Å². The zero-order valence-corrected chi connectivity index (χ0v) is 23.4. The molecule has 40 heavy (non-hydrogen) atoms. The zero-order chi connectivity index (χ0) is 29.2. The van der Waals surface area contributed by atoms with Crippen molar-refractivity contribution in [3.8, 4) is 11.6 Å². The average Bonchev–Trinajstić information content (AvgIpc) is 3.56. The van der Waals surface area contributed by atoms with Gasteiger partial charge in [-0.1, -0.05) is 6.92 Å². The second-order valence-corrected chi connectivity index (χ2v) is 11.2. The summed E-state index contributed by atoms with van der Waals surface area (Å²) in [6.07, 6.45) is 1.23. The Bertz CT molecular complexity index is 1300. The highest BCUT2D eigenvalue weighted by Gasteiger charge is 2.54. The van der Waals surface area contributed by atoms with Gasteiger partial charge in [-0.2, -0.15) is 0 Å². The van der Waals surface area contributed by atoms with E-state index in [4.69, 9.17) is 14.2 Å². The smallest absolute Gasteiger partial charge is 0.408 e. The van der Waals surface area contributed by atoms with Gasteiger partial charge in [0.15, 0.2) is 0 Å². The van der Waals surface area contributed by atoms with Gasteiger partial charge in [-0.25, -0.2) is 14.6 Å². The fourth-order valence-corrected chi connectivity index (χ4v) is 4.71. The topological polar surface area (TPSA) is 156 Å². The van der Waals surface area contributed by atoms with Crippen LogP contribution in [0.3, 0.4) is 0 Å². The van der Waals surface area contributed by atoms with Crippen LogP contribution in [0.25, 0.3) is 10.8 Å². The number of benzene rings is 1. The molecule has 1 aliphatic carbocycles. The highest BCUT2D eigenvalue weighted by atomic mass is 16.6. The largest absolute Gasteiger partial charge is 0.497 e. The van der Waals surface area contributed by atoms with Gasteiger partial charge < -0.3 is 34.9 Å². The summed E-state index contributed by atoms with van der Waals surface area (Å²) in [6, 6.07) is 5.31. The number of hydrogen-bond donors (Lipinski definition) is 3. The van der Waals surface area contributed by atoms with E-state index in [1.54, 1.807) is 47.1 Å². The number of carboxylic acid groups (broad SMARTS) is 1. The summed E-state index contributed by atoms with van der Waals surface area (Å²) in [5.74, 6) is -1.17. The fraction of sp³-hybridized carbons (Fsp3) is 0.536. The number of carbonyl (C=O) groups is 4. The SMILES string of the molecule is CC[C@H](NC(=O)OC(C)(C)C)C(=O)N1C[C@H](Oc2nccc3cc(OC)ccc23)C[C@H]1C(=O)NC1(C(=O)O)CC1. The van der Waals surface area contributed by atoms with E-state index in [1.165, 1.54) is 4.90 Å². The lowest BCUT2D eigenvalue weighted by Gasteiger charge is -2.29. The first-order valence-corrected chi connectivity index (χ1v) is 13.3. The number of aromatic nitrogens is 1. The number of rotatable bonds is 9. The van der Waals surface area contributed by atoms with Gasteiger partial charge in [0.05, 0.1) is 13.7 Å². The van der Waals surface area contributed by atoms with Crippen LogP contribution in [0.2, 0.25) is 0 Å². The number of nitrogens with one attached hydrogen (secondary N) is 2. The Kier molecular flexibility index (Phi) is 8.08. The van der Waals surface area contributed by atoms with Crippen molar-refractivity contribution < 1.29 is 38.5 Å². The zero-order valence-electron chi connectivity index (χ0n) is 23.4. The van der Waals surface area contributed by atoms with Crippen molar-refractivity contribution in [1.82, 2.24) is 20.5 Å². The van der Waals surface area contributed by atoms with Gasteiger partial charge in [-0.15, -0.1) is 0 Å². The van der Waals surface area contributed by atoms with Crippen LogP contribution in [0.1, 0.15) is 53.4 Å². The van der Waals surface area contributed by atoms with Crippen LogP contribution in [0.5, 0.6) is 11.6 Å². The molecular weight excluding hydrogens is 520 g/mol. The number of nitrogens with zero attached hydrogens (tertiary/aromatic N) is 2. The first-order chi connectivity index (χ1) is 18.9. The molecule has 0 spiro atoms. The molecule has 216 valence electrons. The molecule has 1 aromatic carbocycles. The third-order valence-electron chi connectivity index (χ3n) is 6.98. The van der Waals surface area contributed by atoms with E-state index in [0.29, 0.717) is 24.5 Å². The van der Waals surface area contributed by atoms with Crippen molar-refractivity contribution in [2.75, 3.05) is 13.7 Å². The number of likely N-dealkylation sites (tertiary alicyclic amines) is 1. The molecular formula is C28H36N4O8. The van der Waals surface area contributed by atoms with Crippen molar-refractivity contribution >= 4 is 34.6 Å². The van der Waals surface area contributed by atoms with Crippen LogP contribution in [0, 0.1) is 0 Å². The molecule has 1 aliphatic heterocycles. The minimum atomic E-state index is -1.32. The lowest BCUT2D eigenvalue weighted by Crippen LogP contribution is -2.56. The number of carbonyl (C=O) groups excluding carboxylic acids is 3. The quantitative estimate of drug-likeness (QED) is 0.422. The van der Waals surface area contributed by atoms with Gasteiger partial charge in [0.2, 0.25) is 17.7 Å². The number of hydrogen-bond acceptors (Lipinski definition) is 8.